The van der Waals surface area contributed by atoms with Crippen molar-refractivity contribution in [1.82, 2.24) is 29.7 Å². The van der Waals surface area contributed by atoms with Gasteiger partial charge < -0.3 is 9.80 Å². The summed E-state index contributed by atoms with van der Waals surface area (Å²) >= 11 is 2.95. The van der Waals surface area contributed by atoms with Crippen LogP contribution in [0, 0.1) is 30.5 Å². The van der Waals surface area contributed by atoms with E-state index in [1.165, 1.54) is 85.5 Å². The molecule has 2 atom stereocenters. The molecule has 10 rings (SSSR count). The first-order valence-corrected chi connectivity index (χ1v) is 26.9. The zero-order valence-corrected chi connectivity index (χ0v) is 42.6. The topological polar surface area (TPSA) is 92.2 Å². The number of likely N-dealkylation sites (tertiary alicyclic amines) is 2. The van der Waals surface area contributed by atoms with E-state index in [1.54, 1.807) is 12.1 Å². The van der Waals surface area contributed by atoms with Crippen LogP contribution in [0.4, 0.5) is 30.7 Å². The van der Waals surface area contributed by atoms with Gasteiger partial charge in [0.15, 0.2) is 0 Å². The molecule has 4 aromatic heterocycles. The lowest BCUT2D eigenvalue weighted by atomic mass is 9.73. The number of aromatic nitrogens is 4. The van der Waals surface area contributed by atoms with E-state index >= 15 is 0 Å². The van der Waals surface area contributed by atoms with Crippen molar-refractivity contribution in [2.75, 3.05) is 13.1 Å². The van der Waals surface area contributed by atoms with Crippen LogP contribution in [0.25, 0.3) is 20.9 Å². The highest BCUT2D eigenvalue weighted by atomic mass is 32.1. The first-order valence-electron chi connectivity index (χ1n) is 25.3. The number of hydrogen-bond donors (Lipinski definition) is 0. The second kappa shape index (κ2) is 21.7. The number of carbonyl (C=O) groups is 2. The molecular weight excluding hydrogens is 986 g/mol. The van der Waals surface area contributed by atoms with Crippen molar-refractivity contribution in [1.29, 1.82) is 0 Å². The highest BCUT2D eigenvalue weighted by molar-refractivity contribution is 7.15. The second-order valence-electron chi connectivity index (χ2n) is 20.5. The maximum Gasteiger partial charge on any atom is 0.417 e. The quantitative estimate of drug-likeness (QED) is 0.127. The number of piperidine rings is 2. The number of halogens is 7. The number of nitrogens with zero attached hydrogens (tertiary/aromatic N) is 6. The van der Waals surface area contributed by atoms with E-state index in [1.807, 2.05) is 54.0 Å². The molecule has 8 nitrogen and oxygen atoms in total. The molecule has 2 saturated heterocycles. The van der Waals surface area contributed by atoms with Crippen LogP contribution in [0.5, 0.6) is 0 Å². The largest absolute Gasteiger partial charge is 0.417 e. The fraction of sp³-hybridized carbons (Fsp3) is 0.464. The first-order chi connectivity index (χ1) is 34.9. The van der Waals surface area contributed by atoms with Crippen LogP contribution in [-0.2, 0) is 25.2 Å². The molecule has 4 aliphatic rings. The molecule has 0 radical (unpaired) electrons. The summed E-state index contributed by atoms with van der Waals surface area (Å²) in [5, 5.41) is 1.62. The molecule has 0 bridgehead atoms. The smallest absolute Gasteiger partial charge is 0.334 e. The SMILES string of the molecule is Cc1nc(C(=O)N2CCC3(CCCC3)CC2CCc2ccc(C(F)(F)F)cn2)c(-c2ccc(F)cc2)s1.Cc1nc(C(=O)N2CCC3(CCCC3)CC2CCc2ccc(C(F)(F)F)cn2)c(-c2ccccc2)s1. The fourth-order valence-electron chi connectivity index (χ4n) is 11.8. The average molecular weight is 1050 g/mol. The minimum Gasteiger partial charge on any atom is -0.334 e. The fourth-order valence-corrected chi connectivity index (χ4v) is 13.7. The van der Waals surface area contributed by atoms with Crippen LogP contribution in [0.1, 0.15) is 143 Å². The van der Waals surface area contributed by atoms with Gasteiger partial charge >= 0.3 is 12.4 Å². The zero-order chi connectivity index (χ0) is 51.5. The van der Waals surface area contributed by atoms with Gasteiger partial charge in [-0.15, -0.1) is 22.7 Å². The third-order valence-electron chi connectivity index (χ3n) is 15.6. The molecule has 2 aromatic carbocycles. The number of rotatable bonds is 10. The minimum absolute atomic E-state index is 0.0130. The Balaban J connectivity index is 0.000000180. The summed E-state index contributed by atoms with van der Waals surface area (Å²) in [6.45, 7) is 5.09. The Morgan fingerprint density at radius 2 is 0.986 bits per heavy atom. The lowest BCUT2D eigenvalue weighted by Crippen LogP contribution is -2.49. The molecule has 2 spiro atoms. The summed E-state index contributed by atoms with van der Waals surface area (Å²) in [4.78, 5) is 50.7. The molecule has 2 aliphatic carbocycles. The Labute approximate surface area is 429 Å². The number of thiazole rings is 2. The van der Waals surface area contributed by atoms with Gasteiger partial charge in [-0.1, -0.05) is 68.1 Å². The number of hydrogen-bond acceptors (Lipinski definition) is 8. The Kier molecular flexibility index (Phi) is 15.6. The third-order valence-corrected chi connectivity index (χ3v) is 17.7. The van der Waals surface area contributed by atoms with Crippen LogP contribution in [-0.4, -0.2) is 66.7 Å². The molecule has 6 aromatic rings. The Morgan fingerprint density at radius 1 is 0.575 bits per heavy atom. The van der Waals surface area contributed by atoms with Gasteiger partial charge in [-0.2, -0.15) is 26.3 Å². The number of aryl methyl sites for hydroxylation is 4. The molecule has 2 amide bonds. The molecular formula is C56H59F7N6O2S2. The lowest BCUT2D eigenvalue weighted by Gasteiger charge is -2.45. The Bertz CT molecular complexity index is 2840. The molecule has 17 heteroatoms. The van der Waals surface area contributed by atoms with Crippen molar-refractivity contribution in [2.24, 2.45) is 10.8 Å². The van der Waals surface area contributed by atoms with Gasteiger partial charge in [0.25, 0.3) is 11.8 Å². The van der Waals surface area contributed by atoms with Crippen LogP contribution >= 0.6 is 22.7 Å². The summed E-state index contributed by atoms with van der Waals surface area (Å²) in [6.07, 6.45) is 8.59. The van der Waals surface area contributed by atoms with E-state index in [-0.39, 0.29) is 40.5 Å². The summed E-state index contributed by atoms with van der Waals surface area (Å²) in [6, 6.07) is 21.0. The second-order valence-corrected chi connectivity index (χ2v) is 22.9. The maximum absolute atomic E-state index is 13.9. The van der Waals surface area contributed by atoms with E-state index in [0.29, 0.717) is 61.5 Å². The lowest BCUT2D eigenvalue weighted by molar-refractivity contribution is -0.138. The maximum atomic E-state index is 13.9. The predicted molar refractivity (Wildman–Crippen MR) is 270 cm³/mol. The molecule has 2 saturated carbocycles. The first kappa shape index (κ1) is 52.3. The van der Waals surface area contributed by atoms with Crippen molar-refractivity contribution in [2.45, 2.75) is 141 Å². The van der Waals surface area contributed by atoms with Gasteiger partial charge in [-0.3, -0.25) is 19.6 Å². The van der Waals surface area contributed by atoms with Gasteiger partial charge in [0.05, 0.1) is 30.9 Å². The Morgan fingerprint density at radius 3 is 1.37 bits per heavy atom. The molecule has 73 heavy (non-hydrogen) atoms. The van der Waals surface area contributed by atoms with Crippen LogP contribution in [0.15, 0.2) is 91.3 Å². The average Bonchev–Trinajstić information content (AvgIpc) is 4.21. The minimum atomic E-state index is -4.42. The Hall–Kier alpha value is -5.55. The molecule has 386 valence electrons. The van der Waals surface area contributed by atoms with Gasteiger partial charge in [0.1, 0.15) is 17.2 Å². The van der Waals surface area contributed by atoms with Gasteiger partial charge in [0, 0.05) is 49.0 Å². The van der Waals surface area contributed by atoms with Crippen LogP contribution in [0.2, 0.25) is 0 Å². The highest BCUT2D eigenvalue weighted by Gasteiger charge is 2.45. The van der Waals surface area contributed by atoms with Crippen molar-refractivity contribution in [3.63, 3.8) is 0 Å². The molecule has 6 heterocycles. The van der Waals surface area contributed by atoms with E-state index < -0.39 is 23.5 Å². The van der Waals surface area contributed by atoms with Crippen molar-refractivity contribution in [3.05, 3.63) is 141 Å². The van der Waals surface area contributed by atoms with E-state index in [4.69, 9.17) is 0 Å². The van der Waals surface area contributed by atoms with E-state index in [0.717, 1.165) is 93.9 Å². The van der Waals surface area contributed by atoms with E-state index in [2.05, 4.69) is 19.9 Å². The number of benzene rings is 2. The summed E-state index contributed by atoms with van der Waals surface area (Å²) in [5.74, 6) is -0.522. The molecule has 2 unspecified atom stereocenters. The van der Waals surface area contributed by atoms with Crippen molar-refractivity contribution >= 4 is 34.5 Å². The number of carbonyl (C=O) groups excluding carboxylic acids is 2. The normalized spacial score (nSPS) is 19.6. The highest BCUT2D eigenvalue weighted by Crippen LogP contribution is 2.51. The predicted octanol–water partition coefficient (Wildman–Crippen LogP) is 14.8. The summed E-state index contributed by atoms with van der Waals surface area (Å²) in [5.41, 5.74) is 2.84. The van der Waals surface area contributed by atoms with Crippen LogP contribution < -0.4 is 0 Å². The van der Waals surface area contributed by atoms with Gasteiger partial charge in [-0.05, 0) is 149 Å². The van der Waals surface area contributed by atoms with Crippen molar-refractivity contribution < 1.29 is 40.3 Å². The van der Waals surface area contributed by atoms with Gasteiger partial charge in [0.2, 0.25) is 0 Å². The number of alkyl halides is 6. The van der Waals surface area contributed by atoms with E-state index in [9.17, 15) is 40.3 Å². The number of pyridine rings is 2. The van der Waals surface area contributed by atoms with Gasteiger partial charge in [-0.25, -0.2) is 14.4 Å². The summed E-state index contributed by atoms with van der Waals surface area (Å²) < 4.78 is 91.1. The van der Waals surface area contributed by atoms with Crippen molar-refractivity contribution in [3.8, 4) is 20.9 Å². The molecule has 0 N–H and O–H groups in total. The monoisotopic (exact) mass is 1040 g/mol. The zero-order valence-electron chi connectivity index (χ0n) is 41.0. The summed E-state index contributed by atoms with van der Waals surface area (Å²) in [7, 11) is 0. The molecule has 2 aliphatic heterocycles. The standard InChI is InChI=1S/C28H29F4N3OS.C28H30F3N3OS/c1-18-34-24(25(37-18)19-4-7-21(29)8-5-19)26(36)35-15-14-27(12-2-3-13-27)16-23(35)11-10-22-9-6-20(17-33-22)28(30,31)32;1-19-33-24(25(36-19)20-7-3-2-4-8-20)26(35)34-16-15-27(13-5-6-14-27)17-23(34)12-11-22-10-9-21(18-32-22)28(29,30)31/h4-9,17,23H,2-3,10-16H2,1H3;2-4,7-10,18,23H,5-6,11-17H2,1H3. The third kappa shape index (κ3) is 12.2. The molecule has 4 fully saturated rings. The van der Waals surface area contributed by atoms with Crippen LogP contribution in [0.3, 0.4) is 0 Å². The number of amides is 2.